The van der Waals surface area contributed by atoms with E-state index in [2.05, 4.69) is 16.3 Å². The number of hydrogen-bond acceptors (Lipinski definition) is 4. The highest BCUT2D eigenvalue weighted by Gasteiger charge is 2.18. The molecule has 74 valence electrons. The number of aryl methyl sites for hydroxylation is 1. The molecule has 0 aromatic carbocycles. The van der Waals surface area contributed by atoms with E-state index in [0.29, 0.717) is 0 Å². The minimum Gasteiger partial charge on any atom is -0.350 e. The summed E-state index contributed by atoms with van der Waals surface area (Å²) in [5, 5.41) is 17.2. The molecule has 0 saturated carbocycles. The molecule has 1 aromatic rings. The first-order chi connectivity index (χ1) is 6.54. The molecule has 6 nitrogen and oxygen atoms in total. The highest BCUT2D eigenvalue weighted by molar-refractivity contribution is 5.55. The largest absolute Gasteiger partial charge is 0.350 e. The van der Waals surface area contributed by atoms with Gasteiger partial charge < -0.3 is 5.32 Å². The van der Waals surface area contributed by atoms with E-state index in [1.54, 1.807) is 14.0 Å². The molecule has 0 fully saturated rings. The third kappa shape index (κ3) is 2.01. The zero-order chi connectivity index (χ0) is 10.7. The summed E-state index contributed by atoms with van der Waals surface area (Å²) in [6, 6.07) is -0.288. The molecule has 0 aliphatic carbocycles. The summed E-state index contributed by atoms with van der Waals surface area (Å²) in [7, 11) is 1.61. The van der Waals surface area contributed by atoms with Crippen molar-refractivity contribution in [2.75, 3.05) is 5.32 Å². The molecule has 6 heteroatoms. The second kappa shape index (κ2) is 3.79. The van der Waals surface area contributed by atoms with Crippen molar-refractivity contribution in [1.29, 1.82) is 0 Å². The second-order valence-corrected chi connectivity index (χ2v) is 2.83. The minimum absolute atomic E-state index is 0.0744. The Kier molecular flexibility index (Phi) is 2.72. The quantitative estimate of drug-likeness (QED) is 0.438. The molecule has 0 amide bonds. The predicted molar refractivity (Wildman–Crippen MR) is 51.8 cm³/mol. The Morgan fingerprint density at radius 2 is 2.50 bits per heavy atom. The van der Waals surface area contributed by atoms with Crippen LogP contribution in [0.25, 0.3) is 0 Å². The standard InChI is InChI=1S/C8H10N4O2/c1-4-6(2)9-8-7(12(13)14)5-11(3)10-8/h1,5-6H,2-3H3,(H,9,10). The van der Waals surface area contributed by atoms with E-state index in [1.807, 2.05) is 0 Å². The fraction of sp³-hybridized carbons (Fsp3) is 0.375. The van der Waals surface area contributed by atoms with Crippen molar-refractivity contribution in [3.8, 4) is 12.3 Å². The summed E-state index contributed by atoms with van der Waals surface area (Å²) in [6.07, 6.45) is 6.46. The van der Waals surface area contributed by atoms with Crippen molar-refractivity contribution in [1.82, 2.24) is 9.78 Å². The van der Waals surface area contributed by atoms with Gasteiger partial charge in [-0.05, 0) is 6.92 Å². The van der Waals surface area contributed by atoms with Crippen molar-refractivity contribution >= 4 is 11.5 Å². The number of rotatable bonds is 3. The first-order valence-electron chi connectivity index (χ1n) is 3.95. The van der Waals surface area contributed by atoms with E-state index in [9.17, 15) is 10.1 Å². The van der Waals surface area contributed by atoms with Gasteiger partial charge in [0.1, 0.15) is 6.20 Å². The van der Waals surface area contributed by atoms with Crippen LogP contribution in [0.4, 0.5) is 11.5 Å². The smallest absolute Gasteiger partial charge is 0.330 e. The molecule has 0 aliphatic heterocycles. The van der Waals surface area contributed by atoms with Crippen molar-refractivity contribution in [2.45, 2.75) is 13.0 Å². The zero-order valence-corrected chi connectivity index (χ0v) is 7.89. The molecule has 0 radical (unpaired) electrons. The van der Waals surface area contributed by atoms with Gasteiger partial charge in [-0.3, -0.25) is 14.8 Å². The minimum atomic E-state index is -0.501. The van der Waals surface area contributed by atoms with Gasteiger partial charge in [0.15, 0.2) is 0 Å². The molecule has 1 rings (SSSR count). The molecule has 1 N–H and O–H groups in total. The van der Waals surface area contributed by atoms with Crippen molar-refractivity contribution in [3.05, 3.63) is 16.3 Å². The van der Waals surface area contributed by atoms with Crippen LogP contribution in [0.1, 0.15) is 6.92 Å². The van der Waals surface area contributed by atoms with Crippen molar-refractivity contribution in [2.24, 2.45) is 7.05 Å². The topological polar surface area (TPSA) is 73.0 Å². The maximum atomic E-state index is 10.6. The van der Waals surface area contributed by atoms with Gasteiger partial charge in [0.05, 0.1) is 11.0 Å². The summed E-state index contributed by atoms with van der Waals surface area (Å²) in [6.45, 7) is 1.72. The molecule has 1 aromatic heterocycles. The van der Waals surface area contributed by atoms with Gasteiger partial charge in [0, 0.05) is 7.05 Å². The summed E-state index contributed by atoms with van der Waals surface area (Å²) in [5.41, 5.74) is -0.0744. The lowest BCUT2D eigenvalue weighted by molar-refractivity contribution is -0.384. The van der Waals surface area contributed by atoms with Crippen LogP contribution in [0.2, 0.25) is 0 Å². The fourth-order valence-electron chi connectivity index (χ4n) is 0.959. The monoisotopic (exact) mass is 194 g/mol. The Hall–Kier alpha value is -2.03. The van der Waals surface area contributed by atoms with Gasteiger partial charge in [-0.15, -0.1) is 11.5 Å². The first-order valence-corrected chi connectivity index (χ1v) is 3.95. The van der Waals surface area contributed by atoms with Gasteiger partial charge in [0.25, 0.3) is 0 Å². The lowest BCUT2D eigenvalue weighted by Crippen LogP contribution is -2.13. The lowest BCUT2D eigenvalue weighted by atomic mass is 10.3. The van der Waals surface area contributed by atoms with Crippen LogP contribution in [0.15, 0.2) is 6.20 Å². The summed E-state index contributed by atoms with van der Waals surface area (Å²) < 4.78 is 1.36. The normalized spacial score (nSPS) is 11.8. The molecular weight excluding hydrogens is 184 g/mol. The fourth-order valence-corrected chi connectivity index (χ4v) is 0.959. The van der Waals surface area contributed by atoms with E-state index < -0.39 is 4.92 Å². The molecule has 1 heterocycles. The van der Waals surface area contributed by atoms with E-state index >= 15 is 0 Å². The van der Waals surface area contributed by atoms with E-state index in [1.165, 1.54) is 10.9 Å². The SMILES string of the molecule is C#CC(C)Nc1nn(C)cc1[N+](=O)[O-]. The highest BCUT2D eigenvalue weighted by Crippen LogP contribution is 2.21. The molecule has 1 unspecified atom stereocenters. The average molecular weight is 194 g/mol. The number of nitro groups is 1. The maximum Gasteiger partial charge on any atom is 0.330 e. The van der Waals surface area contributed by atoms with E-state index in [-0.39, 0.29) is 17.5 Å². The Morgan fingerprint density at radius 1 is 1.86 bits per heavy atom. The van der Waals surface area contributed by atoms with Crippen LogP contribution < -0.4 is 5.32 Å². The van der Waals surface area contributed by atoms with Crippen molar-refractivity contribution in [3.63, 3.8) is 0 Å². The molecule has 0 bridgehead atoms. The van der Waals surface area contributed by atoms with Crippen LogP contribution in [0.5, 0.6) is 0 Å². The van der Waals surface area contributed by atoms with Crippen LogP contribution in [-0.2, 0) is 7.05 Å². The first kappa shape index (κ1) is 10.1. The summed E-state index contributed by atoms with van der Waals surface area (Å²) in [5.74, 6) is 2.60. The van der Waals surface area contributed by atoms with E-state index in [0.717, 1.165) is 0 Å². The predicted octanol–water partition coefficient (Wildman–Crippen LogP) is 0.762. The Morgan fingerprint density at radius 3 is 3.00 bits per heavy atom. The van der Waals surface area contributed by atoms with Gasteiger partial charge in [-0.1, -0.05) is 5.92 Å². The molecule has 14 heavy (non-hydrogen) atoms. The van der Waals surface area contributed by atoms with Gasteiger partial charge in [-0.2, -0.15) is 0 Å². The number of anilines is 1. The second-order valence-electron chi connectivity index (χ2n) is 2.83. The Labute approximate surface area is 81.1 Å². The molecule has 0 spiro atoms. The van der Waals surface area contributed by atoms with Crippen LogP contribution in [0, 0.1) is 22.5 Å². The molecular formula is C8H10N4O2. The molecule has 0 saturated heterocycles. The number of nitrogens with zero attached hydrogens (tertiary/aromatic N) is 3. The third-order valence-electron chi connectivity index (χ3n) is 1.61. The van der Waals surface area contributed by atoms with Gasteiger partial charge in [0.2, 0.25) is 5.82 Å². The van der Waals surface area contributed by atoms with Crippen LogP contribution >= 0.6 is 0 Å². The zero-order valence-electron chi connectivity index (χ0n) is 7.89. The Balaban J connectivity index is 2.97. The van der Waals surface area contributed by atoms with Gasteiger partial charge >= 0.3 is 5.69 Å². The summed E-state index contributed by atoms with van der Waals surface area (Å²) in [4.78, 5) is 10.1. The number of hydrogen-bond donors (Lipinski definition) is 1. The third-order valence-corrected chi connectivity index (χ3v) is 1.61. The van der Waals surface area contributed by atoms with Crippen molar-refractivity contribution < 1.29 is 4.92 Å². The Bertz CT molecular complexity index is 391. The summed E-state index contributed by atoms with van der Waals surface area (Å²) >= 11 is 0. The van der Waals surface area contributed by atoms with Gasteiger partial charge in [-0.25, -0.2) is 0 Å². The van der Waals surface area contributed by atoms with Crippen LogP contribution in [0.3, 0.4) is 0 Å². The van der Waals surface area contributed by atoms with E-state index in [4.69, 9.17) is 6.42 Å². The lowest BCUT2D eigenvalue weighted by Gasteiger charge is -2.04. The number of nitrogens with one attached hydrogen (secondary N) is 1. The highest BCUT2D eigenvalue weighted by atomic mass is 16.6. The molecule has 1 atom stereocenters. The number of terminal acetylenes is 1. The van der Waals surface area contributed by atoms with Crippen LogP contribution in [-0.4, -0.2) is 20.7 Å². The molecule has 0 aliphatic rings. The number of aromatic nitrogens is 2. The maximum absolute atomic E-state index is 10.6. The average Bonchev–Trinajstić information content (AvgIpc) is 2.46.